The maximum absolute atomic E-state index is 8.77. The zero-order valence-electron chi connectivity index (χ0n) is 10.6. The van der Waals surface area contributed by atoms with Gasteiger partial charge in [0.1, 0.15) is 6.07 Å². The lowest BCUT2D eigenvalue weighted by Gasteiger charge is -2.28. The van der Waals surface area contributed by atoms with Gasteiger partial charge in [-0.25, -0.2) is 4.98 Å². The van der Waals surface area contributed by atoms with Crippen LogP contribution < -0.4 is 10.6 Å². The van der Waals surface area contributed by atoms with Gasteiger partial charge in [0.25, 0.3) is 0 Å². The Morgan fingerprint density at radius 1 is 1.61 bits per heavy atom. The van der Waals surface area contributed by atoms with Crippen molar-refractivity contribution in [2.45, 2.75) is 25.4 Å². The van der Waals surface area contributed by atoms with E-state index in [1.165, 1.54) is 6.42 Å². The van der Waals surface area contributed by atoms with E-state index in [4.69, 9.17) is 15.7 Å². The topological polar surface area (TPSA) is 75.2 Å². The number of hydrogen-bond donors (Lipinski definition) is 1. The van der Waals surface area contributed by atoms with E-state index in [-0.39, 0.29) is 6.10 Å². The van der Waals surface area contributed by atoms with E-state index in [2.05, 4.69) is 4.98 Å². The standard InChI is InChI=1S/C13H18N4O/c1-17(9-11-4-2-3-5-18-11)13-12(15)6-10(7-14)8-16-13/h6,8,11H,2-5,9,15H2,1H3. The molecule has 1 aliphatic rings. The number of likely N-dealkylation sites (N-methyl/N-ethyl adjacent to an activating group) is 1. The molecule has 18 heavy (non-hydrogen) atoms. The van der Waals surface area contributed by atoms with Crippen LogP contribution in [0.5, 0.6) is 0 Å². The predicted molar refractivity (Wildman–Crippen MR) is 70.2 cm³/mol. The summed E-state index contributed by atoms with van der Waals surface area (Å²) in [5, 5.41) is 8.77. The molecule has 0 aromatic carbocycles. The molecule has 0 radical (unpaired) electrons. The van der Waals surface area contributed by atoms with E-state index in [9.17, 15) is 0 Å². The lowest BCUT2D eigenvalue weighted by atomic mass is 10.1. The first-order valence-corrected chi connectivity index (χ1v) is 6.19. The van der Waals surface area contributed by atoms with Gasteiger partial charge in [-0.15, -0.1) is 0 Å². The monoisotopic (exact) mass is 246 g/mol. The Hall–Kier alpha value is -1.80. The number of ether oxygens (including phenoxy) is 1. The van der Waals surface area contributed by atoms with Crippen LogP contribution in [0, 0.1) is 11.3 Å². The van der Waals surface area contributed by atoms with Crippen LogP contribution in [0.2, 0.25) is 0 Å². The summed E-state index contributed by atoms with van der Waals surface area (Å²) in [4.78, 5) is 6.23. The molecule has 0 aliphatic carbocycles. The molecule has 0 saturated carbocycles. The number of hydrogen-bond acceptors (Lipinski definition) is 5. The molecule has 96 valence electrons. The molecular weight excluding hydrogens is 228 g/mol. The normalized spacial score (nSPS) is 19.2. The molecule has 1 saturated heterocycles. The summed E-state index contributed by atoms with van der Waals surface area (Å²) in [6, 6.07) is 3.68. The van der Waals surface area contributed by atoms with E-state index < -0.39 is 0 Å². The van der Waals surface area contributed by atoms with Crippen molar-refractivity contribution < 1.29 is 4.74 Å². The number of nitrogens with two attached hydrogens (primary N) is 1. The molecule has 5 nitrogen and oxygen atoms in total. The molecule has 5 heteroatoms. The first-order valence-electron chi connectivity index (χ1n) is 6.19. The Balaban J connectivity index is 2.04. The molecule has 1 aromatic rings. The Labute approximate surface area is 107 Å². The molecule has 1 aromatic heterocycles. The van der Waals surface area contributed by atoms with Crippen LogP contribution in [-0.2, 0) is 4.74 Å². The van der Waals surface area contributed by atoms with E-state index in [0.29, 0.717) is 17.1 Å². The van der Waals surface area contributed by atoms with Gasteiger partial charge in [-0.2, -0.15) is 5.26 Å². The van der Waals surface area contributed by atoms with Gasteiger partial charge in [-0.1, -0.05) is 0 Å². The quantitative estimate of drug-likeness (QED) is 0.875. The highest BCUT2D eigenvalue weighted by Gasteiger charge is 2.17. The van der Waals surface area contributed by atoms with Crippen molar-refractivity contribution in [2.24, 2.45) is 0 Å². The number of anilines is 2. The van der Waals surface area contributed by atoms with Gasteiger partial charge in [0, 0.05) is 26.4 Å². The second-order valence-electron chi connectivity index (χ2n) is 4.62. The molecular formula is C13H18N4O. The van der Waals surface area contributed by atoms with Crippen molar-refractivity contribution in [3.05, 3.63) is 17.8 Å². The molecule has 1 fully saturated rings. The van der Waals surface area contributed by atoms with Crippen LogP contribution in [-0.4, -0.2) is 31.3 Å². The fourth-order valence-corrected chi connectivity index (χ4v) is 2.20. The summed E-state index contributed by atoms with van der Waals surface area (Å²) in [6.45, 7) is 1.62. The van der Waals surface area contributed by atoms with Crippen molar-refractivity contribution >= 4 is 11.5 Å². The minimum absolute atomic E-state index is 0.251. The Bertz CT molecular complexity index is 449. The number of nitrogens with zero attached hydrogens (tertiary/aromatic N) is 3. The summed E-state index contributed by atoms with van der Waals surface area (Å²) in [5.41, 5.74) is 6.93. The zero-order valence-corrected chi connectivity index (χ0v) is 10.6. The first kappa shape index (κ1) is 12.7. The minimum Gasteiger partial charge on any atom is -0.396 e. The van der Waals surface area contributed by atoms with Gasteiger partial charge >= 0.3 is 0 Å². The second kappa shape index (κ2) is 5.69. The Kier molecular flexibility index (Phi) is 4.00. The van der Waals surface area contributed by atoms with Crippen LogP contribution in [0.1, 0.15) is 24.8 Å². The highest BCUT2D eigenvalue weighted by Crippen LogP contribution is 2.22. The third-order valence-electron chi connectivity index (χ3n) is 3.14. The molecule has 2 heterocycles. The van der Waals surface area contributed by atoms with E-state index in [1.54, 1.807) is 12.3 Å². The van der Waals surface area contributed by atoms with Gasteiger partial charge in [-0.05, 0) is 25.3 Å². The largest absolute Gasteiger partial charge is 0.396 e. The van der Waals surface area contributed by atoms with Crippen LogP contribution in [0.15, 0.2) is 12.3 Å². The highest BCUT2D eigenvalue weighted by molar-refractivity contribution is 5.64. The zero-order chi connectivity index (χ0) is 13.0. The summed E-state index contributed by atoms with van der Waals surface area (Å²) in [7, 11) is 1.95. The second-order valence-corrected chi connectivity index (χ2v) is 4.62. The van der Waals surface area contributed by atoms with Crippen LogP contribution in [0.3, 0.4) is 0 Å². The average Bonchev–Trinajstić information content (AvgIpc) is 2.39. The highest BCUT2D eigenvalue weighted by atomic mass is 16.5. The van der Waals surface area contributed by atoms with Crippen LogP contribution >= 0.6 is 0 Å². The smallest absolute Gasteiger partial charge is 0.151 e. The first-order chi connectivity index (χ1) is 8.70. The SMILES string of the molecule is CN(CC1CCCCO1)c1ncc(C#N)cc1N. The average molecular weight is 246 g/mol. The summed E-state index contributed by atoms with van der Waals surface area (Å²) < 4.78 is 5.69. The fraction of sp³-hybridized carbons (Fsp3) is 0.538. The maximum atomic E-state index is 8.77. The van der Waals surface area contributed by atoms with E-state index >= 15 is 0 Å². The number of nitriles is 1. The molecule has 0 spiro atoms. The lowest BCUT2D eigenvalue weighted by molar-refractivity contribution is 0.0215. The molecule has 0 bridgehead atoms. The third kappa shape index (κ3) is 2.90. The number of nitrogen functional groups attached to an aromatic ring is 1. The van der Waals surface area contributed by atoms with Gasteiger partial charge in [0.15, 0.2) is 5.82 Å². The summed E-state index contributed by atoms with van der Waals surface area (Å²) in [5.74, 6) is 0.711. The number of rotatable bonds is 3. The molecule has 1 atom stereocenters. The number of pyridine rings is 1. The van der Waals surface area contributed by atoms with Crippen molar-refractivity contribution in [1.29, 1.82) is 5.26 Å². The molecule has 2 N–H and O–H groups in total. The van der Waals surface area contributed by atoms with Gasteiger partial charge in [-0.3, -0.25) is 0 Å². The van der Waals surface area contributed by atoms with Crippen LogP contribution in [0.4, 0.5) is 11.5 Å². The Morgan fingerprint density at radius 2 is 2.44 bits per heavy atom. The predicted octanol–water partition coefficient (Wildman–Crippen LogP) is 1.54. The maximum Gasteiger partial charge on any atom is 0.151 e. The van der Waals surface area contributed by atoms with E-state index in [1.807, 2.05) is 18.0 Å². The van der Waals surface area contributed by atoms with E-state index in [0.717, 1.165) is 26.0 Å². The van der Waals surface area contributed by atoms with Crippen molar-refractivity contribution in [1.82, 2.24) is 4.98 Å². The van der Waals surface area contributed by atoms with Crippen molar-refractivity contribution in [3.8, 4) is 6.07 Å². The number of aromatic nitrogens is 1. The Morgan fingerprint density at radius 3 is 3.06 bits per heavy atom. The van der Waals surface area contributed by atoms with Crippen LogP contribution in [0.25, 0.3) is 0 Å². The van der Waals surface area contributed by atoms with Gasteiger partial charge in [0.2, 0.25) is 0 Å². The van der Waals surface area contributed by atoms with Crippen molar-refractivity contribution in [3.63, 3.8) is 0 Å². The summed E-state index contributed by atoms with van der Waals surface area (Å²) >= 11 is 0. The molecule has 1 aliphatic heterocycles. The van der Waals surface area contributed by atoms with Gasteiger partial charge < -0.3 is 15.4 Å². The summed E-state index contributed by atoms with van der Waals surface area (Å²) in [6.07, 6.45) is 5.25. The fourth-order valence-electron chi connectivity index (χ4n) is 2.20. The minimum atomic E-state index is 0.251. The molecule has 2 rings (SSSR count). The third-order valence-corrected chi connectivity index (χ3v) is 3.14. The molecule has 1 unspecified atom stereocenters. The lowest BCUT2D eigenvalue weighted by Crippen LogP contribution is -2.34. The van der Waals surface area contributed by atoms with Crippen molar-refractivity contribution in [2.75, 3.05) is 30.8 Å². The van der Waals surface area contributed by atoms with Gasteiger partial charge in [0.05, 0.1) is 17.4 Å². The molecule has 0 amide bonds.